The van der Waals surface area contributed by atoms with Crippen LogP contribution in [0.2, 0.25) is 0 Å². The van der Waals surface area contributed by atoms with Gasteiger partial charge in [0.25, 0.3) is 11.0 Å². The van der Waals surface area contributed by atoms with Gasteiger partial charge < -0.3 is 14.1 Å². The first kappa shape index (κ1) is 21.5. The van der Waals surface area contributed by atoms with Gasteiger partial charge in [-0.2, -0.15) is 0 Å². The van der Waals surface area contributed by atoms with Crippen LogP contribution in [0.3, 0.4) is 0 Å². The fourth-order valence-electron chi connectivity index (χ4n) is 5.03. The Bertz CT molecular complexity index is 1650. The zero-order chi connectivity index (χ0) is 24.3. The summed E-state index contributed by atoms with van der Waals surface area (Å²) in [7, 11) is 5.75. The number of aromatic nitrogens is 2. The molecule has 0 aliphatic carbocycles. The Balaban J connectivity index is 1.75. The molecule has 0 saturated heterocycles. The fraction of sp³-hybridized carbons (Fsp3) is 0.172. The normalized spacial score (nSPS) is 16.5. The van der Waals surface area contributed by atoms with Crippen LogP contribution in [0.25, 0.3) is 21.8 Å². The van der Waals surface area contributed by atoms with Crippen molar-refractivity contribution < 1.29 is 23.3 Å². The Hall–Kier alpha value is -4.06. The van der Waals surface area contributed by atoms with Gasteiger partial charge >= 0.3 is 14.1 Å². The molecule has 6 rings (SSSR count). The Morgan fingerprint density at radius 1 is 0.714 bits per heavy atom. The molecule has 1 atom stereocenters. The maximum Gasteiger partial charge on any atom is 0.715 e. The smallest absolute Gasteiger partial charge is 0.563 e. The largest absolute Gasteiger partial charge is 0.715 e. The highest BCUT2D eigenvalue weighted by molar-refractivity contribution is 6.01. The van der Waals surface area contributed by atoms with E-state index in [9.17, 15) is 0 Å². The Labute approximate surface area is 205 Å². The van der Waals surface area contributed by atoms with Gasteiger partial charge in [-0.05, 0) is 82.6 Å². The number of hydrogen-bond donors (Lipinski definition) is 0. The van der Waals surface area contributed by atoms with E-state index < -0.39 is 6.03 Å². The summed E-state index contributed by atoms with van der Waals surface area (Å²) in [6.07, 6.45) is 0. The highest BCUT2D eigenvalue weighted by atomic mass is 16.7. The number of nitrogens with zero attached hydrogens (tertiary/aromatic N) is 2. The molecule has 3 aromatic carbocycles. The molecular formula is C29H25BN2O3+2. The van der Waals surface area contributed by atoms with Crippen molar-refractivity contribution in [3.05, 3.63) is 101 Å². The number of benzene rings is 3. The monoisotopic (exact) mass is 460 g/mol. The van der Waals surface area contributed by atoms with Gasteiger partial charge in [-0.3, -0.25) is 0 Å². The summed E-state index contributed by atoms with van der Waals surface area (Å²) in [5.41, 5.74) is 5.98. The minimum Gasteiger partial charge on any atom is -0.563 e. The molecule has 1 unspecified atom stereocenters. The van der Waals surface area contributed by atoms with Gasteiger partial charge in [0, 0.05) is 26.0 Å². The molecule has 0 bridgehead atoms. The van der Waals surface area contributed by atoms with Gasteiger partial charge in [0.05, 0.1) is 10.8 Å². The average Bonchev–Trinajstić information content (AvgIpc) is 3.19. The van der Waals surface area contributed by atoms with Crippen LogP contribution in [-0.2, 0) is 6.03 Å². The summed E-state index contributed by atoms with van der Waals surface area (Å²) in [4.78, 5) is 0. The van der Waals surface area contributed by atoms with Crippen molar-refractivity contribution in [1.29, 1.82) is 0 Å². The molecule has 0 saturated carbocycles. The number of para-hydroxylation sites is 2. The number of rotatable bonds is 4. The molecule has 35 heavy (non-hydrogen) atoms. The second-order valence-electron chi connectivity index (χ2n) is 9.12. The lowest BCUT2D eigenvalue weighted by molar-refractivity contribution is -1.04. The quantitative estimate of drug-likeness (QED) is 0.284. The summed E-state index contributed by atoms with van der Waals surface area (Å²) < 4.78 is 23.3. The van der Waals surface area contributed by atoms with Gasteiger partial charge in [0.15, 0.2) is 17.1 Å². The van der Waals surface area contributed by atoms with Crippen molar-refractivity contribution in [2.45, 2.75) is 33.7 Å². The number of hydrogen-bond acceptors (Lipinski definition) is 3. The van der Waals surface area contributed by atoms with Crippen LogP contribution in [0.15, 0.2) is 78.9 Å². The molecule has 5 nitrogen and oxygen atoms in total. The first-order valence-electron chi connectivity index (χ1n) is 11.6. The van der Waals surface area contributed by atoms with E-state index in [-0.39, 0.29) is 0 Å². The van der Waals surface area contributed by atoms with E-state index in [2.05, 4.69) is 55.7 Å². The lowest BCUT2D eigenvalue weighted by atomic mass is 10.1. The van der Waals surface area contributed by atoms with E-state index in [4.69, 9.17) is 22.2 Å². The molecule has 0 amide bonds. The van der Waals surface area contributed by atoms with Crippen LogP contribution >= 0.6 is 0 Å². The van der Waals surface area contributed by atoms with Crippen molar-refractivity contribution in [1.82, 2.24) is 0 Å². The lowest BCUT2D eigenvalue weighted by Gasteiger charge is -2.21. The van der Waals surface area contributed by atoms with E-state index in [0.29, 0.717) is 11.5 Å². The van der Waals surface area contributed by atoms with Gasteiger partial charge in [-0.1, -0.05) is 18.2 Å². The van der Waals surface area contributed by atoms with Crippen LogP contribution in [0.4, 0.5) is 0 Å². The van der Waals surface area contributed by atoms with Crippen molar-refractivity contribution in [3.63, 3.8) is 0 Å². The Kier molecular flexibility index (Phi) is 4.75. The van der Waals surface area contributed by atoms with E-state index in [1.54, 1.807) is 0 Å². The molecule has 170 valence electrons. The van der Waals surface area contributed by atoms with Crippen LogP contribution in [0.1, 0.15) is 22.5 Å². The molecule has 1 aliphatic rings. The molecule has 0 N–H and O–H groups in total. The predicted molar refractivity (Wildman–Crippen MR) is 135 cm³/mol. The summed E-state index contributed by atoms with van der Waals surface area (Å²) in [5.74, 6) is 1.96. The number of pyridine rings is 2. The third kappa shape index (κ3) is 3.09. The molecule has 0 spiro atoms. The van der Waals surface area contributed by atoms with Crippen LogP contribution in [0, 0.1) is 27.7 Å². The van der Waals surface area contributed by atoms with E-state index in [1.165, 1.54) is 5.56 Å². The SMILES string of the molecule is [B]Oc1cccc2ccc(C)[n+](C3(Oc4ccc(C)c(C)c4)Oc4cccc5ccc(C)[n+]3c45)c12. The standard InChI is InChI=1S/C29H25BN2O3/c1-18-11-16-24(17-19(18)2)33-29(31-20(3)12-14-22-7-5-9-25(34-29)27(22)31)32-21(4)13-15-23-8-6-10-26(35-30)28(23)32/h5-17H,1-4H3/q+2. The highest BCUT2D eigenvalue weighted by Crippen LogP contribution is 2.36. The minimum atomic E-state index is -1.40. The van der Waals surface area contributed by atoms with Gasteiger partial charge in [0.2, 0.25) is 5.75 Å². The first-order valence-corrected chi connectivity index (χ1v) is 11.6. The topological polar surface area (TPSA) is 35.5 Å². The van der Waals surface area contributed by atoms with Gasteiger partial charge in [-0.15, -0.1) is 0 Å². The average molecular weight is 460 g/mol. The number of ether oxygens (including phenoxy) is 2. The Morgan fingerprint density at radius 3 is 2.06 bits per heavy atom. The van der Waals surface area contributed by atoms with Crippen molar-refractivity contribution >= 4 is 29.9 Å². The number of fused-ring (bicyclic) bond motifs is 1. The van der Waals surface area contributed by atoms with Crippen molar-refractivity contribution in [2.24, 2.45) is 0 Å². The van der Waals surface area contributed by atoms with Crippen molar-refractivity contribution in [2.75, 3.05) is 0 Å². The minimum absolute atomic E-state index is 0.527. The Morgan fingerprint density at radius 2 is 1.37 bits per heavy atom. The maximum absolute atomic E-state index is 6.93. The molecule has 2 aromatic heterocycles. The summed E-state index contributed by atoms with van der Waals surface area (Å²) in [6, 6.07) is 24.8. The molecule has 1 aliphatic heterocycles. The van der Waals surface area contributed by atoms with Crippen LogP contribution in [0.5, 0.6) is 17.2 Å². The second kappa shape index (κ2) is 7.74. The zero-order valence-electron chi connectivity index (χ0n) is 20.2. The molecule has 5 aromatic rings. The molecular weight excluding hydrogens is 435 g/mol. The van der Waals surface area contributed by atoms with E-state index in [0.717, 1.165) is 44.5 Å². The second-order valence-corrected chi connectivity index (χ2v) is 9.12. The molecule has 2 radical (unpaired) electrons. The van der Waals surface area contributed by atoms with E-state index >= 15 is 0 Å². The first-order chi connectivity index (χ1) is 16.9. The fourth-order valence-corrected chi connectivity index (χ4v) is 5.03. The van der Waals surface area contributed by atoms with E-state index in [1.807, 2.05) is 60.0 Å². The van der Waals surface area contributed by atoms with Gasteiger partial charge in [-0.25, -0.2) is 0 Å². The summed E-state index contributed by atoms with van der Waals surface area (Å²) >= 11 is 0. The maximum atomic E-state index is 6.93. The van der Waals surface area contributed by atoms with Gasteiger partial charge in [0.1, 0.15) is 5.75 Å². The molecule has 6 heteroatoms. The number of aryl methyl sites for hydroxylation is 4. The van der Waals surface area contributed by atoms with Crippen molar-refractivity contribution in [3.8, 4) is 17.2 Å². The summed E-state index contributed by atoms with van der Waals surface area (Å²) in [6.45, 7) is 8.26. The van der Waals surface area contributed by atoms with Crippen LogP contribution in [-0.4, -0.2) is 8.05 Å². The molecule has 3 heterocycles. The third-order valence-electron chi connectivity index (χ3n) is 6.89. The predicted octanol–water partition coefficient (Wildman–Crippen LogP) is 4.85. The zero-order valence-corrected chi connectivity index (χ0v) is 20.2. The lowest BCUT2D eigenvalue weighted by Crippen LogP contribution is -2.79. The molecule has 0 fully saturated rings. The summed E-state index contributed by atoms with van der Waals surface area (Å²) in [5, 5.41) is 2.01. The third-order valence-corrected chi connectivity index (χ3v) is 6.89. The van der Waals surface area contributed by atoms with Crippen LogP contribution < -0.4 is 23.3 Å². The highest BCUT2D eigenvalue weighted by Gasteiger charge is 2.66.